The fourth-order valence-corrected chi connectivity index (χ4v) is 4.53. The minimum Gasteiger partial charge on any atom is -0.506 e. The second-order valence-electron chi connectivity index (χ2n) is 8.60. The summed E-state index contributed by atoms with van der Waals surface area (Å²) in [7, 11) is 1.84. The molecule has 2 aliphatic rings. The molecule has 0 bridgehead atoms. The first-order valence-corrected chi connectivity index (χ1v) is 11.5. The van der Waals surface area contributed by atoms with Crippen LogP contribution in [0.3, 0.4) is 0 Å². The molecule has 0 spiro atoms. The molecule has 8 heteroatoms. The Morgan fingerprint density at radius 3 is 2.55 bits per heavy atom. The lowest BCUT2D eigenvalue weighted by Crippen LogP contribution is -2.52. The van der Waals surface area contributed by atoms with Crippen LogP contribution in [0.2, 0.25) is 0 Å². The minimum atomic E-state index is 0. The van der Waals surface area contributed by atoms with Crippen molar-refractivity contribution < 1.29 is 9.84 Å². The summed E-state index contributed by atoms with van der Waals surface area (Å²) in [5.41, 5.74) is 3.50. The summed E-state index contributed by atoms with van der Waals surface area (Å²) in [5.74, 6) is 1.27. The van der Waals surface area contributed by atoms with E-state index in [1.54, 1.807) is 6.07 Å². The predicted octanol–water partition coefficient (Wildman–Crippen LogP) is 3.13. The van der Waals surface area contributed by atoms with Gasteiger partial charge in [-0.1, -0.05) is 36.4 Å². The van der Waals surface area contributed by atoms with Crippen molar-refractivity contribution in [3.05, 3.63) is 59.7 Å². The van der Waals surface area contributed by atoms with Gasteiger partial charge in [-0.2, -0.15) is 0 Å². The van der Waals surface area contributed by atoms with Gasteiger partial charge < -0.3 is 25.0 Å². The number of piperazine rings is 1. The number of halogens is 1. The monoisotopic (exact) mass is 565 g/mol. The molecule has 2 fully saturated rings. The number of guanidine groups is 1. The standard InChI is InChI=1S/C25H35N5O2.HI/c1-20-18-28(14-15-32-20)19-22-7-5-6-21(16-22)17-27-25(26-2)30-12-10-29(11-13-30)23-8-3-4-9-24(23)31;/h3-9,16,20,31H,10-15,17-19H2,1-2H3,(H,26,27);1H. The van der Waals surface area contributed by atoms with Gasteiger partial charge in [-0.15, -0.1) is 24.0 Å². The highest BCUT2D eigenvalue weighted by Crippen LogP contribution is 2.27. The summed E-state index contributed by atoms with van der Waals surface area (Å²) in [5, 5.41) is 13.7. The number of benzene rings is 2. The number of para-hydroxylation sites is 2. The number of hydrogen-bond acceptors (Lipinski definition) is 5. The second-order valence-corrected chi connectivity index (χ2v) is 8.60. The summed E-state index contributed by atoms with van der Waals surface area (Å²) in [6, 6.07) is 16.4. The van der Waals surface area contributed by atoms with Crippen LogP contribution in [-0.2, 0) is 17.8 Å². The lowest BCUT2D eigenvalue weighted by molar-refractivity contribution is -0.0212. The summed E-state index contributed by atoms with van der Waals surface area (Å²) >= 11 is 0. The lowest BCUT2D eigenvalue weighted by atomic mass is 10.1. The van der Waals surface area contributed by atoms with Crippen molar-refractivity contribution in [1.29, 1.82) is 0 Å². The van der Waals surface area contributed by atoms with Crippen LogP contribution < -0.4 is 10.2 Å². The SMILES string of the molecule is CN=C(NCc1cccc(CN2CCOC(C)C2)c1)N1CCN(c2ccccc2O)CC1.I. The minimum absolute atomic E-state index is 0. The van der Waals surface area contributed by atoms with E-state index in [1.165, 1.54) is 11.1 Å². The van der Waals surface area contributed by atoms with E-state index in [1.807, 2.05) is 25.2 Å². The van der Waals surface area contributed by atoms with Gasteiger partial charge in [-0.05, 0) is 30.2 Å². The maximum absolute atomic E-state index is 10.1. The number of aliphatic imine (C=N–C) groups is 1. The van der Waals surface area contributed by atoms with Gasteiger partial charge in [0.2, 0.25) is 0 Å². The predicted molar refractivity (Wildman–Crippen MR) is 145 cm³/mol. The zero-order valence-electron chi connectivity index (χ0n) is 19.6. The third-order valence-corrected chi connectivity index (χ3v) is 6.19. The first kappa shape index (κ1) is 25.6. The Kier molecular flexibility index (Phi) is 9.64. The van der Waals surface area contributed by atoms with Gasteiger partial charge in [0.05, 0.1) is 18.4 Å². The summed E-state index contributed by atoms with van der Waals surface area (Å²) < 4.78 is 5.66. The molecule has 2 saturated heterocycles. The first-order chi connectivity index (χ1) is 15.6. The van der Waals surface area contributed by atoms with Crippen LogP contribution in [0.25, 0.3) is 0 Å². The molecular formula is C25H36IN5O2. The van der Waals surface area contributed by atoms with Gasteiger partial charge in [-0.3, -0.25) is 9.89 Å². The second kappa shape index (κ2) is 12.4. The van der Waals surface area contributed by atoms with Crippen LogP contribution in [0, 0.1) is 0 Å². The van der Waals surface area contributed by atoms with Crippen LogP contribution in [0.4, 0.5) is 5.69 Å². The van der Waals surface area contributed by atoms with Crippen molar-refractivity contribution in [1.82, 2.24) is 15.1 Å². The number of morpholine rings is 1. The van der Waals surface area contributed by atoms with Gasteiger partial charge in [0.1, 0.15) is 5.75 Å². The number of phenols is 1. The molecule has 2 aromatic rings. The van der Waals surface area contributed by atoms with Crippen LogP contribution in [0.5, 0.6) is 5.75 Å². The normalized spacial score (nSPS) is 19.8. The van der Waals surface area contributed by atoms with Gasteiger partial charge in [0, 0.05) is 59.4 Å². The number of hydrogen-bond donors (Lipinski definition) is 2. The molecule has 2 aromatic carbocycles. The van der Waals surface area contributed by atoms with Crippen LogP contribution in [0.1, 0.15) is 18.1 Å². The topological polar surface area (TPSA) is 63.6 Å². The smallest absolute Gasteiger partial charge is 0.194 e. The molecule has 33 heavy (non-hydrogen) atoms. The molecule has 2 N–H and O–H groups in total. The van der Waals surface area contributed by atoms with E-state index in [2.05, 4.69) is 56.2 Å². The molecule has 0 saturated carbocycles. The zero-order valence-corrected chi connectivity index (χ0v) is 21.9. The molecular weight excluding hydrogens is 529 g/mol. The van der Waals surface area contributed by atoms with Gasteiger partial charge in [-0.25, -0.2) is 0 Å². The third kappa shape index (κ3) is 6.97. The van der Waals surface area contributed by atoms with Gasteiger partial charge >= 0.3 is 0 Å². The molecule has 0 radical (unpaired) electrons. The van der Waals surface area contributed by atoms with Gasteiger partial charge in [0.25, 0.3) is 0 Å². The molecule has 0 aromatic heterocycles. The zero-order chi connectivity index (χ0) is 22.3. The molecule has 1 unspecified atom stereocenters. The number of rotatable bonds is 5. The molecule has 0 amide bonds. The Morgan fingerprint density at radius 1 is 1.06 bits per heavy atom. The Hall–Kier alpha value is -2.04. The van der Waals surface area contributed by atoms with Crippen LogP contribution in [0.15, 0.2) is 53.5 Å². The fourth-order valence-electron chi connectivity index (χ4n) is 4.53. The van der Waals surface area contributed by atoms with E-state index in [0.717, 1.165) is 70.6 Å². The van der Waals surface area contributed by atoms with Crippen molar-refractivity contribution >= 4 is 35.6 Å². The van der Waals surface area contributed by atoms with Crippen molar-refractivity contribution in [2.24, 2.45) is 4.99 Å². The quantitative estimate of drug-likeness (QED) is 0.330. The summed E-state index contributed by atoms with van der Waals surface area (Å²) in [6.45, 7) is 10.1. The van der Waals surface area contributed by atoms with Crippen molar-refractivity contribution in [3.8, 4) is 5.75 Å². The van der Waals surface area contributed by atoms with E-state index >= 15 is 0 Å². The van der Waals surface area contributed by atoms with E-state index in [4.69, 9.17) is 4.74 Å². The van der Waals surface area contributed by atoms with Crippen LogP contribution in [-0.4, -0.2) is 79.9 Å². The van der Waals surface area contributed by atoms with E-state index in [9.17, 15) is 5.11 Å². The van der Waals surface area contributed by atoms with Gasteiger partial charge in [0.15, 0.2) is 5.96 Å². The molecule has 4 rings (SSSR count). The molecule has 2 aliphatic heterocycles. The third-order valence-electron chi connectivity index (χ3n) is 6.19. The first-order valence-electron chi connectivity index (χ1n) is 11.5. The average Bonchev–Trinajstić information content (AvgIpc) is 2.81. The van der Waals surface area contributed by atoms with E-state index < -0.39 is 0 Å². The van der Waals surface area contributed by atoms with Crippen LogP contribution >= 0.6 is 24.0 Å². The maximum atomic E-state index is 10.1. The number of ether oxygens (including phenoxy) is 1. The molecule has 1 atom stereocenters. The number of phenolic OH excluding ortho intramolecular Hbond substituents is 1. The number of nitrogens with zero attached hydrogens (tertiary/aromatic N) is 4. The average molecular weight is 566 g/mol. The van der Waals surface area contributed by atoms with Crippen molar-refractivity contribution in [2.75, 3.05) is 57.8 Å². The highest BCUT2D eigenvalue weighted by molar-refractivity contribution is 14.0. The van der Waals surface area contributed by atoms with E-state index in [0.29, 0.717) is 11.9 Å². The number of anilines is 1. The Bertz CT molecular complexity index is 917. The Morgan fingerprint density at radius 2 is 1.82 bits per heavy atom. The highest BCUT2D eigenvalue weighted by Gasteiger charge is 2.21. The molecule has 0 aliphatic carbocycles. The number of aromatic hydroxyl groups is 1. The maximum Gasteiger partial charge on any atom is 0.194 e. The van der Waals surface area contributed by atoms with Crippen molar-refractivity contribution in [3.63, 3.8) is 0 Å². The largest absolute Gasteiger partial charge is 0.506 e. The van der Waals surface area contributed by atoms with Crippen molar-refractivity contribution in [2.45, 2.75) is 26.1 Å². The molecule has 2 heterocycles. The molecule has 7 nitrogen and oxygen atoms in total. The summed E-state index contributed by atoms with van der Waals surface area (Å²) in [6.07, 6.45) is 0.309. The Labute approximate surface area is 214 Å². The summed E-state index contributed by atoms with van der Waals surface area (Å²) in [4.78, 5) is 11.5. The fraction of sp³-hybridized carbons (Fsp3) is 0.480. The highest BCUT2D eigenvalue weighted by atomic mass is 127. The van der Waals surface area contributed by atoms with E-state index in [-0.39, 0.29) is 24.0 Å². The number of nitrogens with one attached hydrogen (secondary N) is 1. The Balaban J connectivity index is 0.00000306. The lowest BCUT2D eigenvalue weighted by Gasteiger charge is -2.37. The molecule has 180 valence electrons.